The van der Waals surface area contributed by atoms with Crippen LogP contribution < -0.4 is 0 Å². The third-order valence-electron chi connectivity index (χ3n) is 14.1. The Morgan fingerprint density at radius 2 is 0.818 bits per heavy atom. The molecule has 2 aliphatic carbocycles. The lowest BCUT2D eigenvalue weighted by Crippen LogP contribution is -2.25. The fourth-order valence-electron chi connectivity index (χ4n) is 11.1. The van der Waals surface area contributed by atoms with Gasteiger partial charge in [0.05, 0.1) is 16.8 Å². The highest BCUT2D eigenvalue weighted by molar-refractivity contribution is 7.25. The molecule has 2 nitrogen and oxygen atoms in total. The topological polar surface area (TPSA) is 25.8 Å². The molecule has 0 amide bonds. The summed E-state index contributed by atoms with van der Waals surface area (Å²) in [4.78, 5) is 10.8. The molecule has 0 saturated carbocycles. The van der Waals surface area contributed by atoms with Crippen molar-refractivity contribution in [2.24, 2.45) is 0 Å². The van der Waals surface area contributed by atoms with E-state index >= 15 is 0 Å². The van der Waals surface area contributed by atoms with Gasteiger partial charge in [0.15, 0.2) is 5.82 Å². The molecule has 0 atom stereocenters. The van der Waals surface area contributed by atoms with Crippen molar-refractivity contribution < 1.29 is 0 Å². The zero-order chi connectivity index (χ0) is 43.3. The average molecular weight is 855 g/mol. The molecule has 0 aliphatic heterocycles. The maximum Gasteiger partial charge on any atom is 0.160 e. The highest BCUT2D eigenvalue weighted by Crippen LogP contribution is 2.63. The number of aromatic nitrogens is 2. The first-order valence-corrected chi connectivity index (χ1v) is 23.4. The molecular formula is C63H38N2S. The molecule has 66 heavy (non-hydrogen) atoms. The lowest BCUT2D eigenvalue weighted by atomic mass is 9.70. The molecule has 12 aromatic rings. The number of hydrogen-bond acceptors (Lipinski definition) is 3. The summed E-state index contributed by atoms with van der Waals surface area (Å²) in [6.45, 7) is 0. The van der Waals surface area contributed by atoms with Gasteiger partial charge in [-0.1, -0.05) is 176 Å². The van der Waals surface area contributed by atoms with Crippen LogP contribution in [0.4, 0.5) is 0 Å². The molecule has 14 rings (SSSR count). The molecule has 0 saturated heterocycles. The number of rotatable bonds is 5. The number of benzene rings is 10. The van der Waals surface area contributed by atoms with Gasteiger partial charge in [-0.3, -0.25) is 0 Å². The monoisotopic (exact) mass is 854 g/mol. The van der Waals surface area contributed by atoms with Crippen molar-refractivity contribution in [2.75, 3.05) is 0 Å². The van der Waals surface area contributed by atoms with E-state index in [0.29, 0.717) is 5.82 Å². The summed E-state index contributed by atoms with van der Waals surface area (Å²) in [5.74, 6) is 0.696. The molecule has 3 heteroatoms. The van der Waals surface area contributed by atoms with Crippen LogP contribution in [-0.2, 0) is 5.41 Å². The van der Waals surface area contributed by atoms with Crippen molar-refractivity contribution in [1.29, 1.82) is 0 Å². The zero-order valence-electron chi connectivity index (χ0n) is 35.7. The second kappa shape index (κ2) is 14.4. The Balaban J connectivity index is 0.996. The van der Waals surface area contributed by atoms with Crippen molar-refractivity contribution in [3.05, 3.63) is 253 Å². The minimum atomic E-state index is -0.453. The first-order chi connectivity index (χ1) is 32.7. The van der Waals surface area contributed by atoms with Crippen LogP contribution in [0.1, 0.15) is 22.3 Å². The molecule has 306 valence electrons. The maximum atomic E-state index is 5.43. The van der Waals surface area contributed by atoms with Crippen molar-refractivity contribution >= 4 is 42.3 Å². The molecule has 0 unspecified atom stereocenters. The lowest BCUT2D eigenvalue weighted by molar-refractivity contribution is 0.794. The van der Waals surface area contributed by atoms with Gasteiger partial charge in [-0.05, 0) is 132 Å². The van der Waals surface area contributed by atoms with E-state index in [1.54, 1.807) is 0 Å². The Labute approximate surface area is 386 Å². The fourth-order valence-corrected chi connectivity index (χ4v) is 12.2. The fraction of sp³-hybridized carbons (Fsp3) is 0.0159. The summed E-state index contributed by atoms with van der Waals surface area (Å²) < 4.78 is 2.60. The highest BCUT2D eigenvalue weighted by atomic mass is 32.1. The maximum absolute atomic E-state index is 5.43. The number of nitrogens with zero attached hydrogens (tertiary/aromatic N) is 2. The smallest absolute Gasteiger partial charge is 0.160 e. The summed E-state index contributed by atoms with van der Waals surface area (Å²) >= 11 is 1.85. The predicted molar refractivity (Wildman–Crippen MR) is 276 cm³/mol. The Hall–Kier alpha value is -8.24. The van der Waals surface area contributed by atoms with Crippen molar-refractivity contribution in [3.8, 4) is 78.4 Å². The van der Waals surface area contributed by atoms with E-state index in [0.717, 1.165) is 44.8 Å². The Morgan fingerprint density at radius 1 is 0.288 bits per heavy atom. The molecule has 1 spiro atoms. The third-order valence-corrected chi connectivity index (χ3v) is 15.2. The molecule has 2 aromatic heterocycles. The Bertz CT molecular complexity index is 3890. The third kappa shape index (κ3) is 5.54. The SMILES string of the molecule is c1ccc(-c2nc(-c3cc(-c4ccc5ccccc5c4)cc(-c4ccc5sc6ccccc6c5c4)c3)cc(-c3ccc4c(c3)C3(c5ccccc5-c5ccccc53)c3ccccc3-4)n2)cc1. The van der Waals surface area contributed by atoms with Gasteiger partial charge in [0, 0.05) is 36.9 Å². The summed E-state index contributed by atoms with van der Waals surface area (Å²) in [5, 5.41) is 5.02. The van der Waals surface area contributed by atoms with Crippen LogP contribution in [0.15, 0.2) is 231 Å². The second-order valence-corrected chi connectivity index (χ2v) is 18.7. The Morgan fingerprint density at radius 3 is 1.55 bits per heavy atom. The summed E-state index contributed by atoms with van der Waals surface area (Å²) in [6.07, 6.45) is 0. The summed E-state index contributed by atoms with van der Waals surface area (Å²) in [6, 6.07) is 84.7. The second-order valence-electron chi connectivity index (χ2n) is 17.6. The first kappa shape index (κ1) is 37.2. The number of thiophene rings is 1. The zero-order valence-corrected chi connectivity index (χ0v) is 36.6. The van der Waals surface area contributed by atoms with Gasteiger partial charge in [0.25, 0.3) is 0 Å². The van der Waals surface area contributed by atoms with Crippen LogP contribution in [0, 0.1) is 0 Å². The van der Waals surface area contributed by atoms with E-state index in [-0.39, 0.29) is 0 Å². The van der Waals surface area contributed by atoms with E-state index < -0.39 is 5.41 Å². The van der Waals surface area contributed by atoms with Crippen LogP contribution in [0.5, 0.6) is 0 Å². The van der Waals surface area contributed by atoms with E-state index in [1.807, 2.05) is 11.3 Å². The Kier molecular flexibility index (Phi) is 8.10. The van der Waals surface area contributed by atoms with Crippen LogP contribution in [0.2, 0.25) is 0 Å². The first-order valence-electron chi connectivity index (χ1n) is 22.6. The molecule has 0 bridgehead atoms. The van der Waals surface area contributed by atoms with E-state index in [9.17, 15) is 0 Å². The van der Waals surface area contributed by atoms with Gasteiger partial charge >= 0.3 is 0 Å². The van der Waals surface area contributed by atoms with E-state index in [4.69, 9.17) is 9.97 Å². The lowest BCUT2D eigenvalue weighted by Gasteiger charge is -2.30. The minimum absolute atomic E-state index is 0.453. The number of hydrogen-bond donors (Lipinski definition) is 0. The van der Waals surface area contributed by atoms with Gasteiger partial charge in [-0.15, -0.1) is 11.3 Å². The predicted octanol–water partition coefficient (Wildman–Crippen LogP) is 16.7. The van der Waals surface area contributed by atoms with E-state index in [2.05, 4.69) is 231 Å². The summed E-state index contributed by atoms with van der Waals surface area (Å²) in [5.41, 5.74) is 19.4. The van der Waals surface area contributed by atoms with Gasteiger partial charge in [0.2, 0.25) is 0 Å². The average Bonchev–Trinajstić information content (AvgIpc) is 4.02. The standard InChI is InChI=1S/C63H38N2S/c1-2-15-40(16-3-1)62-64-58(44-28-30-51-50-20-8-12-24-56(50)63(57(51)37-44)54-22-10-6-18-48(54)49-19-7-11-23-55(49)63)38-59(65-62)47-34-45(42-27-26-39-14-4-5-17-41(39)32-42)33-46(35-47)43-29-31-61-53(36-43)52-21-9-13-25-60(52)66-61/h1-38H. The molecule has 2 heterocycles. The molecular weight excluding hydrogens is 817 g/mol. The molecule has 0 N–H and O–H groups in total. The van der Waals surface area contributed by atoms with Crippen molar-refractivity contribution in [3.63, 3.8) is 0 Å². The van der Waals surface area contributed by atoms with Crippen molar-refractivity contribution in [2.45, 2.75) is 5.41 Å². The molecule has 10 aromatic carbocycles. The molecule has 0 radical (unpaired) electrons. The quantitative estimate of drug-likeness (QED) is 0.172. The van der Waals surface area contributed by atoms with Crippen LogP contribution in [0.3, 0.4) is 0 Å². The van der Waals surface area contributed by atoms with E-state index in [1.165, 1.54) is 81.0 Å². The van der Waals surface area contributed by atoms with Gasteiger partial charge < -0.3 is 0 Å². The van der Waals surface area contributed by atoms with Gasteiger partial charge in [-0.25, -0.2) is 9.97 Å². The summed E-state index contributed by atoms with van der Waals surface area (Å²) in [7, 11) is 0. The van der Waals surface area contributed by atoms with Crippen molar-refractivity contribution in [1.82, 2.24) is 9.97 Å². The normalized spacial score (nSPS) is 13.0. The van der Waals surface area contributed by atoms with Crippen LogP contribution >= 0.6 is 11.3 Å². The molecule has 0 fully saturated rings. The van der Waals surface area contributed by atoms with Crippen LogP contribution in [0.25, 0.3) is 109 Å². The van der Waals surface area contributed by atoms with Gasteiger partial charge in [-0.2, -0.15) is 0 Å². The van der Waals surface area contributed by atoms with Gasteiger partial charge in [0.1, 0.15) is 0 Å². The highest BCUT2D eigenvalue weighted by Gasteiger charge is 2.51. The number of fused-ring (bicyclic) bond motifs is 14. The largest absolute Gasteiger partial charge is 0.228 e. The molecule has 2 aliphatic rings. The minimum Gasteiger partial charge on any atom is -0.228 e. The van der Waals surface area contributed by atoms with Crippen LogP contribution in [-0.4, -0.2) is 9.97 Å².